The Morgan fingerprint density at radius 1 is 0.381 bits per heavy atom. The fourth-order valence-corrected chi connectivity index (χ4v) is 8.26. The Hall–Kier alpha value is -5.40. The maximum atomic E-state index is 2.42. The molecule has 0 saturated heterocycles. The minimum absolute atomic E-state index is 0.340. The van der Waals surface area contributed by atoms with E-state index in [4.69, 9.17) is 0 Å². The molecule has 2 aliphatic rings. The van der Waals surface area contributed by atoms with Crippen molar-refractivity contribution < 1.29 is 0 Å². The summed E-state index contributed by atoms with van der Waals surface area (Å²) in [5.41, 5.74) is 14.3. The molecule has 1 heteroatoms. The number of aromatic nitrogens is 1. The first-order valence-electron chi connectivity index (χ1n) is 14.7. The van der Waals surface area contributed by atoms with Gasteiger partial charge in [0.15, 0.2) is 0 Å². The molecule has 10 rings (SSSR count). The SMILES string of the molecule is c1ccc2c(c1)-c1ccccc1C21c2ccccc2-c2ccc3cc(-n4c5ccccc5c5ccccc54)ccc3c21. The predicted molar refractivity (Wildman–Crippen MR) is 175 cm³/mol. The van der Waals surface area contributed by atoms with E-state index in [1.807, 2.05) is 0 Å². The van der Waals surface area contributed by atoms with Gasteiger partial charge in [-0.3, -0.25) is 0 Å². The number of hydrogen-bond donors (Lipinski definition) is 0. The van der Waals surface area contributed by atoms with E-state index in [0.717, 1.165) is 0 Å². The van der Waals surface area contributed by atoms with Gasteiger partial charge in [-0.05, 0) is 79.5 Å². The van der Waals surface area contributed by atoms with Gasteiger partial charge in [-0.25, -0.2) is 0 Å². The van der Waals surface area contributed by atoms with Crippen molar-refractivity contribution in [3.05, 3.63) is 174 Å². The molecule has 0 saturated carbocycles. The first-order valence-corrected chi connectivity index (χ1v) is 14.7. The summed E-state index contributed by atoms with van der Waals surface area (Å²) in [6.45, 7) is 0. The van der Waals surface area contributed by atoms with Gasteiger partial charge in [-0.1, -0.05) is 127 Å². The van der Waals surface area contributed by atoms with Crippen molar-refractivity contribution in [1.29, 1.82) is 0 Å². The molecule has 42 heavy (non-hydrogen) atoms. The molecule has 0 bridgehead atoms. The largest absolute Gasteiger partial charge is 0.309 e. The highest BCUT2D eigenvalue weighted by Crippen LogP contribution is 2.63. The molecule has 1 aromatic heterocycles. The van der Waals surface area contributed by atoms with E-state index >= 15 is 0 Å². The smallest absolute Gasteiger partial charge is 0.0731 e. The first-order chi connectivity index (χ1) is 20.9. The zero-order valence-corrected chi connectivity index (χ0v) is 22.9. The van der Waals surface area contributed by atoms with E-state index in [9.17, 15) is 0 Å². The molecule has 0 fully saturated rings. The van der Waals surface area contributed by atoms with Crippen LogP contribution >= 0.6 is 0 Å². The Bertz CT molecular complexity index is 2300. The van der Waals surface area contributed by atoms with E-state index in [-0.39, 0.29) is 5.41 Å². The van der Waals surface area contributed by atoms with Crippen LogP contribution in [-0.2, 0) is 5.41 Å². The molecule has 0 N–H and O–H groups in total. The standard InChI is InChI=1S/C41H25N/c1-6-16-35-29(11-1)30-12-2-7-17-36(30)41(35)37-18-8-3-13-31(37)34-23-21-26-25-27(22-24-28(26)40(34)41)42-38-19-9-4-14-32(38)33-15-5-10-20-39(33)42/h1-25H. The van der Waals surface area contributed by atoms with Crippen LogP contribution in [0.2, 0.25) is 0 Å². The van der Waals surface area contributed by atoms with Gasteiger partial charge in [0.25, 0.3) is 0 Å². The van der Waals surface area contributed by atoms with E-state index < -0.39 is 0 Å². The maximum absolute atomic E-state index is 2.42. The summed E-state index contributed by atoms with van der Waals surface area (Å²) in [5.74, 6) is 0. The lowest BCUT2D eigenvalue weighted by Gasteiger charge is -2.31. The number of fused-ring (bicyclic) bond motifs is 15. The van der Waals surface area contributed by atoms with Gasteiger partial charge in [-0.15, -0.1) is 0 Å². The van der Waals surface area contributed by atoms with Gasteiger partial charge in [0.2, 0.25) is 0 Å². The minimum atomic E-state index is -0.340. The molecule has 0 aliphatic heterocycles. The second-order valence-corrected chi connectivity index (χ2v) is 11.7. The number of rotatable bonds is 1. The topological polar surface area (TPSA) is 4.93 Å². The van der Waals surface area contributed by atoms with E-state index in [1.54, 1.807) is 0 Å². The lowest BCUT2D eigenvalue weighted by atomic mass is 9.69. The van der Waals surface area contributed by atoms with Crippen LogP contribution in [0.15, 0.2) is 152 Å². The summed E-state index contributed by atoms with van der Waals surface area (Å²) < 4.78 is 2.42. The number of benzene rings is 7. The summed E-state index contributed by atoms with van der Waals surface area (Å²) in [6, 6.07) is 56.4. The fourth-order valence-electron chi connectivity index (χ4n) is 8.26. The second-order valence-electron chi connectivity index (χ2n) is 11.7. The van der Waals surface area contributed by atoms with Gasteiger partial charge in [-0.2, -0.15) is 0 Å². The Kier molecular flexibility index (Phi) is 4.18. The summed E-state index contributed by atoms with van der Waals surface area (Å²) in [6.07, 6.45) is 0. The Morgan fingerprint density at radius 3 is 1.48 bits per heavy atom. The Balaban J connectivity index is 1.32. The molecule has 0 atom stereocenters. The van der Waals surface area contributed by atoms with Crippen LogP contribution in [0.3, 0.4) is 0 Å². The summed E-state index contributed by atoms with van der Waals surface area (Å²) in [7, 11) is 0. The van der Waals surface area contributed by atoms with Crippen LogP contribution in [0.1, 0.15) is 22.3 Å². The summed E-state index contributed by atoms with van der Waals surface area (Å²) >= 11 is 0. The van der Waals surface area contributed by atoms with Crippen LogP contribution < -0.4 is 0 Å². The molecule has 0 amide bonds. The predicted octanol–water partition coefficient (Wildman–Crippen LogP) is 10.3. The average molecular weight is 532 g/mol. The monoisotopic (exact) mass is 531 g/mol. The summed E-state index contributed by atoms with van der Waals surface area (Å²) in [5, 5.41) is 5.16. The van der Waals surface area contributed by atoms with Gasteiger partial charge in [0, 0.05) is 16.5 Å². The molecule has 0 unspecified atom stereocenters. The summed E-state index contributed by atoms with van der Waals surface area (Å²) in [4.78, 5) is 0. The van der Waals surface area contributed by atoms with Crippen LogP contribution in [0.5, 0.6) is 0 Å². The number of nitrogens with zero attached hydrogens (tertiary/aromatic N) is 1. The molecule has 194 valence electrons. The highest BCUT2D eigenvalue weighted by atomic mass is 15.0. The van der Waals surface area contributed by atoms with Crippen molar-refractivity contribution in [3.8, 4) is 27.9 Å². The fraction of sp³-hybridized carbons (Fsp3) is 0.0244. The quantitative estimate of drug-likeness (QED) is 0.199. The molecule has 7 aromatic carbocycles. The molecule has 0 radical (unpaired) electrons. The minimum Gasteiger partial charge on any atom is -0.309 e. The molecule has 1 heterocycles. The highest BCUT2D eigenvalue weighted by molar-refractivity contribution is 6.10. The zero-order valence-electron chi connectivity index (χ0n) is 22.9. The second kappa shape index (κ2) is 7.87. The zero-order chi connectivity index (χ0) is 27.4. The van der Waals surface area contributed by atoms with Crippen molar-refractivity contribution in [1.82, 2.24) is 4.57 Å². The molecule has 1 nitrogen and oxygen atoms in total. The van der Waals surface area contributed by atoms with Gasteiger partial charge in [0.1, 0.15) is 0 Å². The van der Waals surface area contributed by atoms with E-state index in [0.29, 0.717) is 0 Å². The lowest BCUT2D eigenvalue weighted by molar-refractivity contribution is 0.801. The average Bonchev–Trinajstić information content (AvgIpc) is 3.66. The lowest BCUT2D eigenvalue weighted by Crippen LogP contribution is -2.26. The van der Waals surface area contributed by atoms with Crippen LogP contribution in [0.25, 0.3) is 60.5 Å². The highest BCUT2D eigenvalue weighted by Gasteiger charge is 2.52. The van der Waals surface area contributed by atoms with E-state index in [1.165, 1.54) is 82.8 Å². The van der Waals surface area contributed by atoms with Crippen LogP contribution in [0, 0.1) is 0 Å². The Morgan fingerprint density at radius 2 is 0.881 bits per heavy atom. The molecule has 1 spiro atoms. The molecular weight excluding hydrogens is 506 g/mol. The third-order valence-electron chi connectivity index (χ3n) is 9.79. The Labute approximate surface area is 243 Å². The van der Waals surface area contributed by atoms with Crippen LogP contribution in [0.4, 0.5) is 0 Å². The van der Waals surface area contributed by atoms with Crippen molar-refractivity contribution in [2.75, 3.05) is 0 Å². The van der Waals surface area contributed by atoms with E-state index in [2.05, 4.69) is 156 Å². The van der Waals surface area contributed by atoms with Gasteiger partial charge >= 0.3 is 0 Å². The maximum Gasteiger partial charge on any atom is 0.0731 e. The van der Waals surface area contributed by atoms with Gasteiger partial charge in [0.05, 0.1) is 16.4 Å². The molecule has 2 aliphatic carbocycles. The van der Waals surface area contributed by atoms with Crippen LogP contribution in [-0.4, -0.2) is 4.57 Å². The van der Waals surface area contributed by atoms with Crippen molar-refractivity contribution in [2.45, 2.75) is 5.41 Å². The third kappa shape index (κ3) is 2.56. The first kappa shape index (κ1) is 22.3. The third-order valence-corrected chi connectivity index (χ3v) is 9.79. The normalized spacial score (nSPS) is 13.9. The van der Waals surface area contributed by atoms with Crippen molar-refractivity contribution in [3.63, 3.8) is 0 Å². The molecule has 8 aromatic rings. The molecular formula is C41H25N. The van der Waals surface area contributed by atoms with Gasteiger partial charge < -0.3 is 4.57 Å². The van der Waals surface area contributed by atoms with Crippen molar-refractivity contribution in [2.24, 2.45) is 0 Å². The number of para-hydroxylation sites is 2. The van der Waals surface area contributed by atoms with Crippen molar-refractivity contribution >= 4 is 32.6 Å². The number of hydrogen-bond acceptors (Lipinski definition) is 0.